The smallest absolute Gasteiger partial charge is 0.218 e. The predicted octanol–water partition coefficient (Wildman–Crippen LogP) is 2.56. The Morgan fingerprint density at radius 1 is 1.43 bits per heavy atom. The first kappa shape index (κ1) is 16.0. The quantitative estimate of drug-likeness (QED) is 0.744. The molecule has 1 saturated heterocycles. The lowest BCUT2D eigenvalue weighted by atomic mass is 10.2. The molecule has 2 rings (SSSR count). The average molecular weight is 295 g/mol. The molecule has 0 saturated carbocycles. The van der Waals surface area contributed by atoms with Gasteiger partial charge in [-0.2, -0.15) is 4.98 Å². The minimum atomic E-state index is -0.0199. The van der Waals surface area contributed by atoms with Gasteiger partial charge in [0.25, 0.3) is 0 Å². The number of nitrogens with zero attached hydrogens (tertiary/aromatic N) is 2. The van der Waals surface area contributed by atoms with Crippen molar-refractivity contribution in [1.82, 2.24) is 9.97 Å². The van der Waals surface area contributed by atoms with Crippen molar-refractivity contribution in [3.05, 3.63) is 11.9 Å². The molecule has 0 spiro atoms. The van der Waals surface area contributed by atoms with Gasteiger partial charge >= 0.3 is 0 Å². The molecule has 1 fully saturated rings. The third-order valence-electron chi connectivity index (χ3n) is 3.48. The largest absolute Gasteiger partial charge is 0.475 e. The van der Waals surface area contributed by atoms with Gasteiger partial charge in [-0.15, -0.1) is 0 Å². The summed E-state index contributed by atoms with van der Waals surface area (Å²) in [5.41, 5.74) is 0. The van der Waals surface area contributed by atoms with Gasteiger partial charge in [0.2, 0.25) is 5.88 Å². The topological polar surface area (TPSA) is 65.5 Å². The molecule has 118 valence electrons. The van der Waals surface area contributed by atoms with Crippen LogP contribution < -0.4 is 10.1 Å². The average Bonchev–Trinajstić information content (AvgIpc) is 3.01. The first-order chi connectivity index (χ1) is 10.2. The Bertz CT molecular complexity index is 436. The molecule has 6 heteroatoms. The van der Waals surface area contributed by atoms with E-state index in [0.717, 1.165) is 31.7 Å². The molecule has 1 N–H and O–H groups in total. The Labute approximate surface area is 126 Å². The third-order valence-corrected chi connectivity index (χ3v) is 3.48. The van der Waals surface area contributed by atoms with E-state index in [1.807, 2.05) is 6.07 Å². The fourth-order valence-electron chi connectivity index (χ4n) is 2.10. The van der Waals surface area contributed by atoms with E-state index in [9.17, 15) is 0 Å². The van der Waals surface area contributed by atoms with Crippen LogP contribution in [0.4, 0.5) is 5.82 Å². The van der Waals surface area contributed by atoms with E-state index in [-0.39, 0.29) is 6.10 Å². The summed E-state index contributed by atoms with van der Waals surface area (Å²) in [5.74, 6) is 2.06. The summed E-state index contributed by atoms with van der Waals surface area (Å²) >= 11 is 0. The molecule has 6 nitrogen and oxygen atoms in total. The minimum Gasteiger partial charge on any atom is -0.475 e. The van der Waals surface area contributed by atoms with Crippen LogP contribution in [0.5, 0.6) is 5.88 Å². The van der Waals surface area contributed by atoms with E-state index in [0.29, 0.717) is 31.0 Å². The zero-order chi connectivity index (χ0) is 15.1. The van der Waals surface area contributed by atoms with E-state index >= 15 is 0 Å². The molecule has 0 aromatic carbocycles. The van der Waals surface area contributed by atoms with Gasteiger partial charge in [0.05, 0.1) is 6.61 Å². The number of rotatable bonds is 8. The van der Waals surface area contributed by atoms with Gasteiger partial charge in [-0.3, -0.25) is 0 Å². The molecule has 1 aromatic rings. The summed E-state index contributed by atoms with van der Waals surface area (Å²) in [4.78, 5) is 9.04. The van der Waals surface area contributed by atoms with E-state index in [1.54, 1.807) is 7.11 Å². The first-order valence-electron chi connectivity index (χ1n) is 7.61. The Hall–Kier alpha value is -1.40. The first-order valence-corrected chi connectivity index (χ1v) is 7.61. The van der Waals surface area contributed by atoms with Crippen LogP contribution in [0.1, 0.15) is 45.0 Å². The van der Waals surface area contributed by atoms with Gasteiger partial charge in [0, 0.05) is 25.8 Å². The van der Waals surface area contributed by atoms with Gasteiger partial charge in [-0.05, 0) is 26.2 Å². The maximum atomic E-state index is 5.67. The Kier molecular flexibility index (Phi) is 6.20. The Balaban J connectivity index is 2.13. The van der Waals surface area contributed by atoms with Crippen molar-refractivity contribution >= 4 is 5.82 Å². The van der Waals surface area contributed by atoms with Gasteiger partial charge in [-0.25, -0.2) is 4.98 Å². The molecular weight excluding hydrogens is 270 g/mol. The van der Waals surface area contributed by atoms with Crippen LogP contribution in [0.3, 0.4) is 0 Å². The summed E-state index contributed by atoms with van der Waals surface area (Å²) in [6.07, 6.45) is 3.02. The lowest BCUT2D eigenvalue weighted by molar-refractivity contribution is 0.103. The molecule has 1 aliphatic rings. The molecule has 0 radical (unpaired) electrons. The maximum Gasteiger partial charge on any atom is 0.218 e. The molecule has 0 amide bonds. The highest BCUT2D eigenvalue weighted by atomic mass is 16.5. The summed E-state index contributed by atoms with van der Waals surface area (Å²) in [7, 11) is 1.65. The maximum absolute atomic E-state index is 5.67. The molecule has 2 heterocycles. The number of ether oxygens (including phenoxy) is 3. The third kappa shape index (κ3) is 4.82. The minimum absolute atomic E-state index is 0.0199. The predicted molar refractivity (Wildman–Crippen MR) is 80.7 cm³/mol. The van der Waals surface area contributed by atoms with E-state index in [4.69, 9.17) is 14.2 Å². The molecule has 1 aliphatic heterocycles. The number of methoxy groups -OCH3 is 1. The molecule has 0 aliphatic carbocycles. The molecule has 2 unspecified atom stereocenters. The van der Waals surface area contributed by atoms with Crippen LogP contribution in [0, 0.1) is 0 Å². The SMILES string of the molecule is CCC(C)Nc1cc(OCCOC)nc(C2CCCO2)n1. The fourth-order valence-corrected chi connectivity index (χ4v) is 2.10. The van der Waals surface area contributed by atoms with Crippen LogP contribution in [-0.2, 0) is 9.47 Å². The van der Waals surface area contributed by atoms with Crippen molar-refractivity contribution in [2.75, 3.05) is 32.2 Å². The van der Waals surface area contributed by atoms with E-state index in [1.165, 1.54) is 0 Å². The number of aromatic nitrogens is 2. The molecular formula is C15H25N3O3. The second-order valence-electron chi connectivity index (χ2n) is 5.25. The lowest BCUT2D eigenvalue weighted by Crippen LogP contribution is -2.17. The fraction of sp³-hybridized carbons (Fsp3) is 0.733. The molecule has 0 bridgehead atoms. The van der Waals surface area contributed by atoms with E-state index in [2.05, 4.69) is 29.1 Å². The van der Waals surface area contributed by atoms with E-state index < -0.39 is 0 Å². The van der Waals surface area contributed by atoms with Crippen molar-refractivity contribution in [3.8, 4) is 5.88 Å². The summed E-state index contributed by atoms with van der Waals surface area (Å²) in [5, 5.41) is 3.37. The molecule has 2 atom stereocenters. The standard InChI is InChI=1S/C15H25N3O3/c1-4-11(2)16-13-10-14(21-9-8-19-3)18-15(17-13)12-6-5-7-20-12/h10-12H,4-9H2,1-3H3,(H,16,17,18). The monoisotopic (exact) mass is 295 g/mol. The van der Waals surface area contributed by atoms with Crippen LogP contribution in [-0.4, -0.2) is 42.9 Å². The second kappa shape index (κ2) is 8.14. The number of hydrogen-bond donors (Lipinski definition) is 1. The van der Waals surface area contributed by atoms with Crippen LogP contribution in [0.25, 0.3) is 0 Å². The zero-order valence-corrected chi connectivity index (χ0v) is 13.1. The summed E-state index contributed by atoms with van der Waals surface area (Å²) in [6, 6.07) is 2.18. The normalized spacial score (nSPS) is 19.5. The van der Waals surface area contributed by atoms with Crippen molar-refractivity contribution in [3.63, 3.8) is 0 Å². The Morgan fingerprint density at radius 3 is 2.95 bits per heavy atom. The van der Waals surface area contributed by atoms with Gasteiger partial charge < -0.3 is 19.5 Å². The van der Waals surface area contributed by atoms with Crippen LogP contribution in [0.15, 0.2) is 6.07 Å². The van der Waals surface area contributed by atoms with Crippen molar-refractivity contribution in [2.24, 2.45) is 0 Å². The summed E-state index contributed by atoms with van der Waals surface area (Å²) < 4.78 is 16.3. The lowest BCUT2D eigenvalue weighted by Gasteiger charge is -2.16. The highest BCUT2D eigenvalue weighted by Gasteiger charge is 2.22. The number of nitrogens with one attached hydrogen (secondary N) is 1. The Morgan fingerprint density at radius 2 is 2.29 bits per heavy atom. The van der Waals surface area contributed by atoms with Gasteiger partial charge in [0.1, 0.15) is 18.5 Å². The summed E-state index contributed by atoms with van der Waals surface area (Å²) in [6.45, 7) is 6.04. The highest BCUT2D eigenvalue weighted by Crippen LogP contribution is 2.28. The van der Waals surface area contributed by atoms with Crippen molar-refractivity contribution in [2.45, 2.75) is 45.3 Å². The highest BCUT2D eigenvalue weighted by molar-refractivity contribution is 5.39. The molecule has 21 heavy (non-hydrogen) atoms. The van der Waals surface area contributed by atoms with Crippen LogP contribution in [0.2, 0.25) is 0 Å². The second-order valence-corrected chi connectivity index (χ2v) is 5.25. The van der Waals surface area contributed by atoms with Crippen molar-refractivity contribution < 1.29 is 14.2 Å². The number of hydrogen-bond acceptors (Lipinski definition) is 6. The van der Waals surface area contributed by atoms with Gasteiger partial charge in [0.15, 0.2) is 5.82 Å². The number of anilines is 1. The van der Waals surface area contributed by atoms with Crippen molar-refractivity contribution in [1.29, 1.82) is 0 Å². The zero-order valence-electron chi connectivity index (χ0n) is 13.1. The van der Waals surface area contributed by atoms with Gasteiger partial charge in [-0.1, -0.05) is 6.92 Å². The van der Waals surface area contributed by atoms with Crippen LogP contribution >= 0.6 is 0 Å². The molecule has 1 aromatic heterocycles.